The van der Waals surface area contributed by atoms with Crippen LogP contribution >= 0.6 is 58.0 Å². The number of allylic oxidation sites excluding steroid dienone is 3. The van der Waals surface area contributed by atoms with Gasteiger partial charge in [-0.3, -0.25) is 24.1 Å². The number of rotatable bonds is 2. The number of aromatic nitrogens is 3. The van der Waals surface area contributed by atoms with Crippen LogP contribution in [0.25, 0.3) is 56.0 Å². The fraction of sp³-hybridized carbons (Fsp3) is 0.250. The molecule has 2 aliphatic rings. The van der Waals surface area contributed by atoms with Crippen LogP contribution in [0.1, 0.15) is 74.8 Å². The van der Waals surface area contributed by atoms with Gasteiger partial charge in [0.1, 0.15) is 47.0 Å². The van der Waals surface area contributed by atoms with Gasteiger partial charge in [0.05, 0.1) is 41.7 Å². The maximum Gasteiger partial charge on any atom is 0.270 e. The molecule has 0 unspecified atom stereocenters. The highest BCUT2D eigenvalue weighted by molar-refractivity contribution is 8.30. The number of hydrogen-bond acceptors (Lipinski definition) is 16. The highest BCUT2D eigenvalue weighted by Crippen LogP contribution is 2.46. The zero-order valence-electron chi connectivity index (χ0n) is 42.4. The minimum absolute atomic E-state index is 0.0253. The first kappa shape index (κ1) is 61.7. The molecule has 21 heteroatoms. The van der Waals surface area contributed by atoms with Crippen LogP contribution in [0.15, 0.2) is 85.3 Å². The lowest BCUT2D eigenvalue weighted by atomic mass is 10.0. The van der Waals surface area contributed by atoms with Crippen molar-refractivity contribution in [2.75, 3.05) is 7.05 Å². The average Bonchev–Trinajstić information content (AvgIpc) is 4.16. The molecule has 0 N–H and O–H groups in total. The summed E-state index contributed by atoms with van der Waals surface area (Å²) in [7, 11) is 1.23. The molecule has 2 aromatic carbocycles. The highest BCUT2D eigenvalue weighted by Gasteiger charge is 2.38. The van der Waals surface area contributed by atoms with E-state index in [9.17, 15) is 27.6 Å². The lowest BCUT2D eigenvalue weighted by molar-refractivity contribution is -0.119. The zero-order chi connectivity index (χ0) is 55.5. The number of sulfone groups is 1. The molecular formula is C52H51N9O6S6. The van der Waals surface area contributed by atoms with Gasteiger partial charge in [-0.25, -0.2) is 23.5 Å². The van der Waals surface area contributed by atoms with Crippen molar-refractivity contribution in [3.63, 3.8) is 0 Å². The van der Waals surface area contributed by atoms with Crippen LogP contribution in [0.4, 0.5) is 0 Å². The van der Waals surface area contributed by atoms with Gasteiger partial charge >= 0.3 is 0 Å². The van der Waals surface area contributed by atoms with Gasteiger partial charge in [0.15, 0.2) is 11.4 Å². The van der Waals surface area contributed by atoms with Gasteiger partial charge in [0.25, 0.3) is 22.7 Å². The Bertz CT molecular complexity index is 3860. The minimum Gasteiger partial charge on any atom is -0.301 e. The molecule has 1 fully saturated rings. The van der Waals surface area contributed by atoms with Gasteiger partial charge in [-0.05, 0) is 53.2 Å². The summed E-state index contributed by atoms with van der Waals surface area (Å²) < 4.78 is 32.0. The third-order valence-electron chi connectivity index (χ3n) is 9.66. The van der Waals surface area contributed by atoms with E-state index in [1.165, 1.54) is 61.5 Å². The Balaban J connectivity index is 0.000000327. The van der Waals surface area contributed by atoms with Crippen molar-refractivity contribution in [3.05, 3.63) is 136 Å². The zero-order valence-corrected chi connectivity index (χ0v) is 47.3. The van der Waals surface area contributed by atoms with Crippen molar-refractivity contribution >= 4 is 124 Å². The molecule has 0 radical (unpaired) electrons. The van der Waals surface area contributed by atoms with E-state index < -0.39 is 9.84 Å². The van der Waals surface area contributed by atoms with Crippen molar-refractivity contribution in [3.8, 4) is 35.5 Å². The third-order valence-corrected chi connectivity index (χ3v) is 17.2. The summed E-state index contributed by atoms with van der Waals surface area (Å²) in [6.07, 6.45) is 5.37. The Kier molecular flexibility index (Phi) is 24.2. The van der Waals surface area contributed by atoms with E-state index in [1.54, 1.807) is 90.5 Å². The second kappa shape index (κ2) is 28.6. The molecule has 0 saturated carbocycles. The standard InChI is InChI=1S/C15H12N2OS.C14H10N2O2S.C10H10N2O2S3.C9H7N3OS.2C2H6/c1-3-13-14(11-7-5-4-6-8-11)17-15(19-13)12(9-16)10(2)18;1-9(2)14-13(11(8-15)16-3)10-6-4-5-7-12(10)19(14,17)18;1-4-5-7(13)11(2)9(16-5)6-8(14)12(3)10(15)17-6;1-3-7-8(13)12(2)9(14-7)6(4-10)5-11;2*1-2/h3-8H,1-2H3;4-7H,1-2H3;4H,1-3H3;3H,1-2H3;2*1-2H3/b13-3-,15-12-;13-11-;5-4-,9-6+;7-3-;;. The molecule has 15 nitrogen and oxygen atoms in total. The molecule has 5 heterocycles. The van der Waals surface area contributed by atoms with Gasteiger partial charge < -0.3 is 9.13 Å². The predicted molar refractivity (Wildman–Crippen MR) is 299 cm³/mol. The van der Waals surface area contributed by atoms with Gasteiger partial charge in [-0.1, -0.05) is 124 Å². The third kappa shape index (κ3) is 13.8. The Morgan fingerprint density at radius 3 is 1.73 bits per heavy atom. The van der Waals surface area contributed by atoms with Crippen LogP contribution in [-0.2, 0) is 33.5 Å². The number of nitriles is 4. The number of hydrogen-bond donors (Lipinski definition) is 0. The highest BCUT2D eigenvalue weighted by atomic mass is 32.2. The summed E-state index contributed by atoms with van der Waals surface area (Å²) in [4.78, 5) is 56.5. The lowest BCUT2D eigenvalue weighted by Gasteiger charge is -2.03. The molecule has 0 atom stereocenters. The van der Waals surface area contributed by atoms with Crippen molar-refractivity contribution in [1.29, 1.82) is 21.0 Å². The number of fused-ring (bicyclic) bond motifs is 1. The molecule has 0 aliphatic carbocycles. The Labute approximate surface area is 445 Å². The molecule has 1 saturated heterocycles. The molecule has 376 valence electrons. The van der Waals surface area contributed by atoms with E-state index in [4.69, 9.17) is 39.8 Å². The topological polar surface area (TPSA) is 228 Å². The van der Waals surface area contributed by atoms with E-state index in [0.717, 1.165) is 27.1 Å². The molecule has 3 aromatic heterocycles. The van der Waals surface area contributed by atoms with Gasteiger partial charge in [0, 0.05) is 32.3 Å². The predicted octanol–water partition coefficient (Wildman–Crippen LogP) is 6.14. The largest absolute Gasteiger partial charge is 0.301 e. The van der Waals surface area contributed by atoms with E-state index in [0.29, 0.717) is 43.4 Å². The van der Waals surface area contributed by atoms with Crippen LogP contribution in [0.2, 0.25) is 0 Å². The Morgan fingerprint density at radius 1 is 0.753 bits per heavy atom. The molecule has 5 aromatic rings. The number of nitrogens with zero attached hydrogens (tertiary/aromatic N) is 9. The van der Waals surface area contributed by atoms with E-state index in [2.05, 4.69) is 9.83 Å². The van der Waals surface area contributed by atoms with E-state index in [1.807, 2.05) is 84.0 Å². The number of Topliss-reactive ketones (excluding diaryl/α,β-unsaturated/α-hetero) is 1. The number of amides is 1. The van der Waals surface area contributed by atoms with Crippen molar-refractivity contribution in [2.45, 2.75) is 74.1 Å². The SMILES string of the molecule is C/C=c1\s/c(=C(/C#N)C(C)=O)nc1-c1ccccc1.C/C=c1\s/c(=C2/SC(=S)N(C)C2=O)n(C)c1=O.C/C=c1\sc(=C(C#N)C#N)n(C)c1=O.CC.CC.[C-]#[N+]/C(C#N)=C1\C(=C(C)C)S(=O)(=O)c2ccccc21. The molecule has 7 rings (SSSR count). The van der Waals surface area contributed by atoms with Crippen LogP contribution in [-0.4, -0.2) is 50.5 Å². The number of carbonyl (C=O) groups is 2. The number of thiocarbonyl (C=S) groups is 1. The van der Waals surface area contributed by atoms with E-state index >= 15 is 0 Å². The number of ketones is 1. The van der Waals surface area contributed by atoms with Crippen molar-refractivity contribution < 1.29 is 18.0 Å². The molecule has 1 amide bonds. The first-order valence-electron chi connectivity index (χ1n) is 22.0. The average molecular weight is 1090 g/mol. The lowest BCUT2D eigenvalue weighted by Crippen LogP contribution is -2.30. The smallest absolute Gasteiger partial charge is 0.270 e. The Hall–Kier alpha value is -7.39. The maximum atomic E-state index is 12.5. The van der Waals surface area contributed by atoms with Gasteiger partial charge in [0.2, 0.25) is 9.84 Å². The van der Waals surface area contributed by atoms with Crippen LogP contribution in [0.3, 0.4) is 0 Å². The number of benzene rings is 2. The molecule has 2 aliphatic heterocycles. The van der Waals surface area contributed by atoms with Crippen LogP contribution < -0.4 is 38.7 Å². The Morgan fingerprint density at radius 2 is 1.29 bits per heavy atom. The summed E-state index contributed by atoms with van der Waals surface area (Å²) in [5.74, 6) is -0.391. The normalized spacial score (nSPS) is 15.2. The van der Waals surface area contributed by atoms with Gasteiger partial charge in [-0.2, -0.15) is 15.8 Å². The van der Waals surface area contributed by atoms with Gasteiger partial charge in [-0.15, -0.1) is 34.0 Å². The van der Waals surface area contributed by atoms with Crippen LogP contribution in [0, 0.1) is 51.9 Å². The quantitative estimate of drug-likeness (QED) is 0.110. The molecule has 0 spiro atoms. The molecular weight excluding hydrogens is 1040 g/mol. The summed E-state index contributed by atoms with van der Waals surface area (Å²) in [5, 5.41) is 35.4. The number of carbonyl (C=O) groups excluding carboxylic acids is 2. The first-order chi connectivity index (χ1) is 34.7. The van der Waals surface area contributed by atoms with Crippen molar-refractivity contribution in [1.82, 2.24) is 19.0 Å². The second-order valence-electron chi connectivity index (χ2n) is 14.2. The summed E-state index contributed by atoms with van der Waals surface area (Å²) in [6, 6.07) is 23.4. The summed E-state index contributed by atoms with van der Waals surface area (Å²) >= 11 is 10.2. The summed E-state index contributed by atoms with van der Waals surface area (Å²) in [6.45, 7) is 25.2. The molecule has 73 heavy (non-hydrogen) atoms. The number of thioether (sulfide) groups is 1. The van der Waals surface area contributed by atoms with Crippen LogP contribution in [0.5, 0.6) is 0 Å². The molecule has 0 bridgehead atoms. The fourth-order valence-corrected chi connectivity index (χ4v) is 12.6. The monoisotopic (exact) mass is 1090 g/mol. The second-order valence-corrected chi connectivity index (χ2v) is 20.8. The van der Waals surface area contributed by atoms with E-state index in [-0.39, 0.29) is 55.0 Å². The minimum atomic E-state index is -3.63. The van der Waals surface area contributed by atoms with Crippen molar-refractivity contribution in [2.24, 2.45) is 14.1 Å². The number of thiazole rings is 3. The maximum absolute atomic E-state index is 12.5. The fourth-order valence-electron chi connectivity index (χ4n) is 6.30. The first-order valence-corrected chi connectivity index (χ1v) is 27.1. The summed E-state index contributed by atoms with van der Waals surface area (Å²) in [5.41, 5.74) is 2.70.